The largest absolute Gasteiger partial charge is 0.378 e. The fourth-order valence-electron chi connectivity index (χ4n) is 1.32. The van der Waals surface area contributed by atoms with E-state index in [1.165, 1.54) is 0 Å². The Kier molecular flexibility index (Phi) is 6.46. The van der Waals surface area contributed by atoms with Crippen LogP contribution >= 0.6 is 0 Å². The van der Waals surface area contributed by atoms with Gasteiger partial charge in [-0.1, -0.05) is 6.58 Å². The molecule has 2 amide bonds. The van der Waals surface area contributed by atoms with E-state index in [1.807, 2.05) is 0 Å². The average Bonchev–Trinajstić information content (AvgIpc) is 2.74. The predicted octanol–water partition coefficient (Wildman–Crippen LogP) is -0.510. The van der Waals surface area contributed by atoms with E-state index in [0.29, 0.717) is 10.5 Å². The minimum Gasteiger partial charge on any atom is -0.378 e. The van der Waals surface area contributed by atoms with E-state index in [1.54, 1.807) is 0 Å². The summed E-state index contributed by atoms with van der Waals surface area (Å²) in [5, 5.41) is 1.11. The van der Waals surface area contributed by atoms with Crippen LogP contribution < -0.4 is 0 Å². The molecule has 0 N–H and O–H groups in total. The first-order valence-electron chi connectivity index (χ1n) is 6.02. The standard InChI is InChI=1S/C11H15NO8S/c1-2-21(16,17)19-8-7-18-6-5-11(15)20-12-9(13)3-4-10(12)14/h2H,1,3-8H2. The van der Waals surface area contributed by atoms with Gasteiger partial charge in [0.05, 0.1) is 31.6 Å². The van der Waals surface area contributed by atoms with E-state index in [9.17, 15) is 22.8 Å². The van der Waals surface area contributed by atoms with Crippen LogP contribution in [0.1, 0.15) is 19.3 Å². The van der Waals surface area contributed by atoms with Gasteiger partial charge in [-0.3, -0.25) is 13.8 Å². The van der Waals surface area contributed by atoms with Gasteiger partial charge in [0, 0.05) is 12.8 Å². The van der Waals surface area contributed by atoms with Gasteiger partial charge in [0.15, 0.2) is 0 Å². The highest BCUT2D eigenvalue weighted by Crippen LogP contribution is 2.12. The summed E-state index contributed by atoms with van der Waals surface area (Å²) in [4.78, 5) is 38.3. The molecule has 118 valence electrons. The molecule has 1 saturated heterocycles. The molecule has 0 unspecified atom stereocenters. The lowest BCUT2D eigenvalue weighted by Gasteiger charge is -2.12. The van der Waals surface area contributed by atoms with Gasteiger partial charge in [0.1, 0.15) is 0 Å². The van der Waals surface area contributed by atoms with Crippen molar-refractivity contribution in [3.05, 3.63) is 12.0 Å². The summed E-state index contributed by atoms with van der Waals surface area (Å²) in [5.41, 5.74) is 0. The number of rotatable bonds is 9. The van der Waals surface area contributed by atoms with Crippen LogP contribution in [0.25, 0.3) is 0 Å². The third-order valence-electron chi connectivity index (χ3n) is 2.33. The van der Waals surface area contributed by atoms with Gasteiger partial charge >= 0.3 is 5.97 Å². The van der Waals surface area contributed by atoms with Crippen molar-refractivity contribution in [1.82, 2.24) is 5.06 Å². The summed E-state index contributed by atoms with van der Waals surface area (Å²) in [7, 11) is -3.74. The number of hydroxylamine groups is 2. The molecule has 0 aromatic heterocycles. The van der Waals surface area contributed by atoms with Crippen LogP contribution in [0.2, 0.25) is 0 Å². The van der Waals surface area contributed by atoms with E-state index in [4.69, 9.17) is 4.74 Å². The summed E-state index contributed by atoms with van der Waals surface area (Å²) < 4.78 is 31.1. The predicted molar refractivity (Wildman–Crippen MR) is 67.7 cm³/mol. The van der Waals surface area contributed by atoms with Crippen LogP contribution in [0.5, 0.6) is 0 Å². The Morgan fingerprint density at radius 3 is 2.38 bits per heavy atom. The van der Waals surface area contributed by atoms with Crippen LogP contribution in [0.4, 0.5) is 0 Å². The molecule has 1 aliphatic rings. The Bertz CT molecular complexity index is 510. The van der Waals surface area contributed by atoms with E-state index in [-0.39, 0.29) is 39.1 Å². The number of hydrogen-bond donors (Lipinski definition) is 0. The van der Waals surface area contributed by atoms with Gasteiger partial charge in [-0.2, -0.15) is 8.42 Å². The molecule has 0 aromatic carbocycles. The molecule has 0 aromatic rings. The molecule has 0 saturated carbocycles. The van der Waals surface area contributed by atoms with E-state index < -0.39 is 27.9 Å². The summed E-state index contributed by atoms with van der Waals surface area (Å²) in [5.74, 6) is -1.91. The molecule has 9 nitrogen and oxygen atoms in total. The van der Waals surface area contributed by atoms with Crippen LogP contribution in [-0.2, 0) is 38.3 Å². The van der Waals surface area contributed by atoms with Crippen LogP contribution in [-0.4, -0.2) is 51.1 Å². The summed E-state index contributed by atoms with van der Waals surface area (Å²) in [6, 6.07) is 0. The second kappa shape index (κ2) is 7.86. The molecule has 1 aliphatic heterocycles. The molecule has 21 heavy (non-hydrogen) atoms. The first-order chi connectivity index (χ1) is 9.85. The average molecular weight is 321 g/mol. The molecule has 10 heteroatoms. The Morgan fingerprint density at radius 1 is 1.19 bits per heavy atom. The first-order valence-corrected chi connectivity index (χ1v) is 7.49. The van der Waals surface area contributed by atoms with Crippen molar-refractivity contribution in [1.29, 1.82) is 0 Å². The maximum atomic E-state index is 11.3. The summed E-state index contributed by atoms with van der Waals surface area (Å²) >= 11 is 0. The minimum absolute atomic E-state index is 0.0255. The molecule has 0 aliphatic carbocycles. The second-order valence-electron chi connectivity index (χ2n) is 3.89. The summed E-state index contributed by atoms with van der Waals surface area (Å²) in [6.07, 6.45) is -0.138. The van der Waals surface area contributed by atoms with Crippen molar-refractivity contribution in [3.63, 3.8) is 0 Å². The topological polar surface area (TPSA) is 116 Å². The maximum Gasteiger partial charge on any atom is 0.335 e. The molecular weight excluding hydrogens is 306 g/mol. The van der Waals surface area contributed by atoms with Gasteiger partial charge in [0.25, 0.3) is 21.9 Å². The van der Waals surface area contributed by atoms with Crippen LogP contribution in [0.15, 0.2) is 12.0 Å². The lowest BCUT2D eigenvalue weighted by Crippen LogP contribution is -2.32. The number of ether oxygens (including phenoxy) is 1. The van der Waals surface area contributed by atoms with Crippen LogP contribution in [0.3, 0.4) is 0 Å². The fourth-order valence-corrected chi connectivity index (χ4v) is 1.72. The highest BCUT2D eigenvalue weighted by atomic mass is 32.2. The molecule has 1 heterocycles. The number of carbonyl (C=O) groups is 3. The van der Waals surface area contributed by atoms with Gasteiger partial charge in [-0.25, -0.2) is 4.79 Å². The number of amides is 2. The maximum absolute atomic E-state index is 11.3. The van der Waals surface area contributed by atoms with E-state index in [0.717, 1.165) is 0 Å². The highest BCUT2D eigenvalue weighted by Gasteiger charge is 2.32. The quantitative estimate of drug-likeness (QED) is 0.317. The zero-order valence-corrected chi connectivity index (χ0v) is 12.0. The lowest BCUT2D eigenvalue weighted by molar-refractivity contribution is -0.198. The molecule has 0 radical (unpaired) electrons. The molecule has 0 spiro atoms. The lowest BCUT2D eigenvalue weighted by atomic mass is 10.4. The second-order valence-corrected chi connectivity index (χ2v) is 5.44. The van der Waals surface area contributed by atoms with Crippen molar-refractivity contribution in [2.24, 2.45) is 0 Å². The van der Waals surface area contributed by atoms with Crippen molar-refractivity contribution in [2.45, 2.75) is 19.3 Å². The zero-order valence-electron chi connectivity index (χ0n) is 11.1. The van der Waals surface area contributed by atoms with Gasteiger partial charge in [-0.15, -0.1) is 5.06 Å². The Morgan fingerprint density at radius 2 is 1.81 bits per heavy atom. The number of hydrogen-bond acceptors (Lipinski definition) is 8. The smallest absolute Gasteiger partial charge is 0.335 e. The van der Waals surface area contributed by atoms with Crippen LogP contribution in [0, 0.1) is 0 Å². The van der Waals surface area contributed by atoms with Crippen molar-refractivity contribution in [2.75, 3.05) is 19.8 Å². The number of imide groups is 1. The monoisotopic (exact) mass is 321 g/mol. The Labute approximate surface area is 121 Å². The van der Waals surface area contributed by atoms with E-state index >= 15 is 0 Å². The van der Waals surface area contributed by atoms with Crippen molar-refractivity contribution >= 4 is 27.9 Å². The Balaban J connectivity index is 2.13. The van der Waals surface area contributed by atoms with Crippen molar-refractivity contribution in [3.8, 4) is 0 Å². The number of nitrogens with zero attached hydrogens (tertiary/aromatic N) is 1. The van der Waals surface area contributed by atoms with Crippen molar-refractivity contribution < 1.29 is 36.6 Å². The molecule has 1 rings (SSSR count). The Hall–Kier alpha value is -1.78. The zero-order chi connectivity index (χ0) is 15.9. The highest BCUT2D eigenvalue weighted by molar-refractivity contribution is 7.89. The van der Waals surface area contributed by atoms with Gasteiger partial charge in [0.2, 0.25) is 0 Å². The first kappa shape index (κ1) is 17.3. The molecule has 1 fully saturated rings. The van der Waals surface area contributed by atoms with Gasteiger partial charge in [-0.05, 0) is 0 Å². The molecular formula is C11H15NO8S. The normalized spacial score (nSPS) is 15.3. The third-order valence-corrected chi connectivity index (χ3v) is 3.23. The SMILES string of the molecule is C=CS(=O)(=O)OCCOCCC(=O)ON1C(=O)CCC1=O. The van der Waals surface area contributed by atoms with E-state index in [2.05, 4.69) is 15.6 Å². The molecule has 0 bridgehead atoms. The minimum atomic E-state index is -3.74. The van der Waals surface area contributed by atoms with Gasteiger partial charge < -0.3 is 9.57 Å². The summed E-state index contributed by atoms with van der Waals surface area (Å²) in [6.45, 7) is 2.72. The third kappa shape index (κ3) is 6.02. The number of carbonyl (C=O) groups excluding carboxylic acids is 3. The molecule has 0 atom stereocenters. The fraction of sp³-hybridized carbons (Fsp3) is 0.545.